The maximum Gasteiger partial charge on any atom is 0.203 e. The summed E-state index contributed by atoms with van der Waals surface area (Å²) in [5.41, 5.74) is 1.87. The van der Waals surface area contributed by atoms with Gasteiger partial charge in [-0.1, -0.05) is 26.1 Å². The molecule has 0 aromatic heterocycles. The molecule has 0 heterocycles. The standard InChI is InChI=1S/C16H28N2OS/c1-5-9-18(10-6-2)12-8-7-11-17(4)14-13(3)15(19)16(14)20/h5-12H2,1-4H3. The van der Waals surface area contributed by atoms with E-state index < -0.39 is 0 Å². The molecular weight excluding hydrogens is 268 g/mol. The highest BCUT2D eigenvalue weighted by molar-refractivity contribution is 7.71. The van der Waals surface area contributed by atoms with Crippen LogP contribution in [0.15, 0.2) is 4.79 Å². The van der Waals surface area contributed by atoms with Gasteiger partial charge >= 0.3 is 0 Å². The van der Waals surface area contributed by atoms with Gasteiger partial charge in [0.2, 0.25) is 5.43 Å². The maximum absolute atomic E-state index is 11.4. The second kappa shape index (κ2) is 8.53. The Hall–Kier alpha value is -0.740. The van der Waals surface area contributed by atoms with E-state index in [1.54, 1.807) is 0 Å². The van der Waals surface area contributed by atoms with E-state index in [-0.39, 0.29) is 5.43 Å². The van der Waals surface area contributed by atoms with Gasteiger partial charge in [-0.25, -0.2) is 0 Å². The van der Waals surface area contributed by atoms with Crippen molar-refractivity contribution >= 4 is 17.9 Å². The molecule has 0 aliphatic carbocycles. The zero-order chi connectivity index (χ0) is 15.1. The van der Waals surface area contributed by atoms with Gasteiger partial charge in [-0.3, -0.25) is 4.79 Å². The van der Waals surface area contributed by atoms with Crippen LogP contribution in [-0.2, 0) is 0 Å². The smallest absolute Gasteiger partial charge is 0.203 e. The normalized spacial score (nSPS) is 11.4. The van der Waals surface area contributed by atoms with Gasteiger partial charge in [0.1, 0.15) is 4.51 Å². The highest BCUT2D eigenvalue weighted by Gasteiger charge is 2.16. The van der Waals surface area contributed by atoms with Crippen LogP contribution in [0, 0.1) is 11.4 Å². The first-order chi connectivity index (χ1) is 9.52. The molecule has 0 bridgehead atoms. The molecule has 4 heteroatoms. The molecular formula is C16H28N2OS. The van der Waals surface area contributed by atoms with E-state index in [2.05, 4.69) is 23.6 Å². The van der Waals surface area contributed by atoms with E-state index in [4.69, 9.17) is 12.2 Å². The number of anilines is 1. The zero-order valence-electron chi connectivity index (χ0n) is 13.4. The van der Waals surface area contributed by atoms with Crippen LogP contribution in [0.3, 0.4) is 0 Å². The zero-order valence-corrected chi connectivity index (χ0v) is 14.2. The van der Waals surface area contributed by atoms with Crippen molar-refractivity contribution < 1.29 is 0 Å². The Morgan fingerprint density at radius 1 is 1.00 bits per heavy atom. The van der Waals surface area contributed by atoms with Crippen molar-refractivity contribution in [2.45, 2.75) is 46.5 Å². The third-order valence-electron chi connectivity index (χ3n) is 3.80. The van der Waals surface area contributed by atoms with Crippen LogP contribution >= 0.6 is 12.2 Å². The molecule has 0 saturated carbocycles. The van der Waals surface area contributed by atoms with Crippen molar-refractivity contribution in [1.29, 1.82) is 0 Å². The Morgan fingerprint density at radius 3 is 2.05 bits per heavy atom. The van der Waals surface area contributed by atoms with Crippen LogP contribution in [0.4, 0.5) is 5.69 Å². The second-order valence-electron chi connectivity index (χ2n) is 5.60. The number of rotatable bonds is 10. The van der Waals surface area contributed by atoms with E-state index in [9.17, 15) is 4.79 Å². The Balaban J connectivity index is 2.30. The van der Waals surface area contributed by atoms with Crippen molar-refractivity contribution in [2.75, 3.05) is 38.1 Å². The fourth-order valence-corrected chi connectivity index (χ4v) is 3.18. The van der Waals surface area contributed by atoms with Crippen LogP contribution in [0.2, 0.25) is 0 Å². The minimum Gasteiger partial charge on any atom is -0.373 e. The summed E-state index contributed by atoms with van der Waals surface area (Å²) in [6.45, 7) is 10.9. The van der Waals surface area contributed by atoms with Crippen molar-refractivity contribution in [3.8, 4) is 0 Å². The predicted molar refractivity (Wildman–Crippen MR) is 90.2 cm³/mol. The summed E-state index contributed by atoms with van der Waals surface area (Å²) in [7, 11) is 2.04. The quantitative estimate of drug-likeness (QED) is 0.488. The molecule has 3 nitrogen and oxygen atoms in total. The lowest BCUT2D eigenvalue weighted by molar-refractivity contribution is 0.269. The lowest BCUT2D eigenvalue weighted by Gasteiger charge is -2.24. The summed E-state index contributed by atoms with van der Waals surface area (Å²) < 4.78 is 0.517. The van der Waals surface area contributed by atoms with E-state index in [0.29, 0.717) is 4.51 Å². The average Bonchev–Trinajstić information content (AvgIpc) is 2.43. The minimum atomic E-state index is 0.0546. The Labute approximate surface area is 128 Å². The van der Waals surface area contributed by atoms with Crippen LogP contribution < -0.4 is 10.3 Å². The first-order valence-corrected chi connectivity index (χ1v) is 8.17. The van der Waals surface area contributed by atoms with Crippen molar-refractivity contribution in [2.24, 2.45) is 0 Å². The molecule has 0 unspecified atom stereocenters. The lowest BCUT2D eigenvalue weighted by Crippen LogP contribution is -2.29. The predicted octanol–water partition coefficient (Wildman–Crippen LogP) is 3.30. The molecule has 0 spiro atoms. The largest absolute Gasteiger partial charge is 0.373 e. The summed E-state index contributed by atoms with van der Waals surface area (Å²) in [5.74, 6) is 0. The van der Waals surface area contributed by atoms with Gasteiger partial charge < -0.3 is 9.80 Å². The van der Waals surface area contributed by atoms with Gasteiger partial charge in [0.05, 0.1) is 5.69 Å². The summed E-state index contributed by atoms with van der Waals surface area (Å²) in [5, 5.41) is 0. The summed E-state index contributed by atoms with van der Waals surface area (Å²) in [6.07, 6.45) is 4.80. The minimum absolute atomic E-state index is 0.0546. The van der Waals surface area contributed by atoms with Crippen LogP contribution in [-0.4, -0.2) is 38.1 Å². The summed E-state index contributed by atoms with van der Waals surface area (Å²) >= 11 is 5.11. The molecule has 0 N–H and O–H groups in total. The molecule has 0 fully saturated rings. The SMILES string of the molecule is CCCN(CCC)CCCCN(C)c1c(C)c(=O)c1=S. The van der Waals surface area contributed by atoms with E-state index in [1.165, 1.54) is 38.9 Å². The Morgan fingerprint density at radius 2 is 1.55 bits per heavy atom. The average molecular weight is 296 g/mol. The summed E-state index contributed by atoms with van der Waals surface area (Å²) in [4.78, 5) is 16.1. The van der Waals surface area contributed by atoms with Gasteiger partial charge in [0.25, 0.3) is 0 Å². The number of hydrogen-bond donors (Lipinski definition) is 0. The molecule has 20 heavy (non-hydrogen) atoms. The van der Waals surface area contributed by atoms with Gasteiger partial charge in [-0.15, -0.1) is 0 Å². The van der Waals surface area contributed by atoms with Gasteiger partial charge in [-0.2, -0.15) is 0 Å². The van der Waals surface area contributed by atoms with Gasteiger partial charge in [0, 0.05) is 19.2 Å². The molecule has 1 aromatic rings. The van der Waals surface area contributed by atoms with Crippen LogP contribution in [0.1, 0.15) is 45.1 Å². The molecule has 0 radical (unpaired) electrons. The monoisotopic (exact) mass is 296 g/mol. The molecule has 0 saturated heterocycles. The second-order valence-corrected chi connectivity index (χ2v) is 6.01. The lowest BCUT2D eigenvalue weighted by atomic mass is 10.1. The molecule has 0 aliphatic rings. The number of hydrogen-bond acceptors (Lipinski definition) is 4. The van der Waals surface area contributed by atoms with Crippen molar-refractivity contribution in [1.82, 2.24) is 4.90 Å². The topological polar surface area (TPSA) is 23.6 Å². The summed E-state index contributed by atoms with van der Waals surface area (Å²) in [6, 6.07) is 0. The van der Waals surface area contributed by atoms with E-state index in [0.717, 1.165) is 24.2 Å². The first-order valence-electron chi connectivity index (χ1n) is 7.76. The van der Waals surface area contributed by atoms with Crippen molar-refractivity contribution in [3.05, 3.63) is 20.3 Å². The van der Waals surface area contributed by atoms with Crippen LogP contribution in [0.25, 0.3) is 0 Å². The van der Waals surface area contributed by atoms with E-state index in [1.807, 2.05) is 14.0 Å². The molecule has 114 valence electrons. The third kappa shape index (κ3) is 4.38. The highest BCUT2D eigenvalue weighted by Crippen LogP contribution is 2.20. The first kappa shape index (κ1) is 17.3. The van der Waals surface area contributed by atoms with Crippen molar-refractivity contribution in [3.63, 3.8) is 0 Å². The fourth-order valence-electron chi connectivity index (χ4n) is 2.72. The highest BCUT2D eigenvalue weighted by atomic mass is 32.1. The van der Waals surface area contributed by atoms with Crippen LogP contribution in [0.5, 0.6) is 0 Å². The Kier molecular flexibility index (Phi) is 7.38. The Bertz CT molecular complexity index is 471. The molecule has 0 atom stereocenters. The number of nitrogens with zero attached hydrogens (tertiary/aromatic N) is 2. The number of unbranched alkanes of at least 4 members (excludes halogenated alkanes) is 1. The van der Waals surface area contributed by atoms with Gasteiger partial charge in [-0.05, 0) is 52.2 Å². The molecule has 1 rings (SSSR count). The molecule has 1 aromatic carbocycles. The van der Waals surface area contributed by atoms with Gasteiger partial charge in [0.15, 0.2) is 0 Å². The van der Waals surface area contributed by atoms with E-state index >= 15 is 0 Å². The third-order valence-corrected chi connectivity index (χ3v) is 4.18. The molecule has 0 amide bonds. The maximum atomic E-state index is 11.4. The molecule has 0 aliphatic heterocycles. The fraction of sp³-hybridized carbons (Fsp3) is 0.750.